The summed E-state index contributed by atoms with van der Waals surface area (Å²) in [4.78, 5) is 11.4. The predicted molar refractivity (Wildman–Crippen MR) is 69.5 cm³/mol. The summed E-state index contributed by atoms with van der Waals surface area (Å²) in [6, 6.07) is 0. The van der Waals surface area contributed by atoms with Crippen molar-refractivity contribution in [2.24, 2.45) is 5.73 Å². The Hall–Kier alpha value is -0.260. The predicted octanol–water partition coefficient (Wildman–Crippen LogP) is 0.734. The molecule has 5 heteroatoms. The maximum absolute atomic E-state index is 11.4. The minimum absolute atomic E-state index is 0.167. The van der Waals surface area contributed by atoms with Gasteiger partial charge in [-0.3, -0.25) is 4.79 Å². The van der Waals surface area contributed by atoms with Crippen LogP contribution in [0.1, 0.15) is 33.6 Å². The van der Waals surface area contributed by atoms with Crippen LogP contribution in [0, 0.1) is 0 Å². The Morgan fingerprint density at radius 3 is 2.69 bits per heavy atom. The Labute approximate surface area is 102 Å². The summed E-state index contributed by atoms with van der Waals surface area (Å²) in [5.41, 5.74) is 4.77. The van der Waals surface area contributed by atoms with Crippen molar-refractivity contribution >= 4 is 17.7 Å². The highest BCUT2D eigenvalue weighted by atomic mass is 32.2. The van der Waals surface area contributed by atoms with Crippen molar-refractivity contribution in [3.8, 4) is 0 Å². The highest BCUT2D eigenvalue weighted by Crippen LogP contribution is 2.17. The maximum Gasteiger partial charge on any atom is 0.237 e. The maximum atomic E-state index is 11.4. The summed E-state index contributed by atoms with van der Waals surface area (Å²) in [6.45, 7) is 6.82. The van der Waals surface area contributed by atoms with Crippen LogP contribution in [0.25, 0.3) is 0 Å². The standard InChI is InChI=1S/C11H24N2O2S/c1-4-6-13-11(3,10(12)15)5-7-16-9(2)8-14/h9,13-14H,4-8H2,1-3H3,(H2,12,15). The third kappa shape index (κ3) is 5.72. The number of carbonyl (C=O) groups excluding carboxylic acids is 1. The topological polar surface area (TPSA) is 75.3 Å². The van der Waals surface area contributed by atoms with E-state index in [2.05, 4.69) is 12.2 Å². The molecule has 0 aliphatic rings. The molecule has 2 atom stereocenters. The van der Waals surface area contributed by atoms with Gasteiger partial charge in [0, 0.05) is 5.25 Å². The molecule has 4 nitrogen and oxygen atoms in total. The fourth-order valence-corrected chi connectivity index (χ4v) is 2.25. The van der Waals surface area contributed by atoms with Gasteiger partial charge in [-0.1, -0.05) is 13.8 Å². The van der Waals surface area contributed by atoms with E-state index in [4.69, 9.17) is 10.8 Å². The zero-order valence-electron chi connectivity index (χ0n) is 10.5. The molecule has 0 aromatic carbocycles. The summed E-state index contributed by atoms with van der Waals surface area (Å²) >= 11 is 1.66. The zero-order chi connectivity index (χ0) is 12.6. The number of rotatable bonds is 9. The SMILES string of the molecule is CCCNC(C)(CCSC(C)CO)C(N)=O. The van der Waals surface area contributed by atoms with E-state index in [0.717, 1.165) is 18.7 Å². The average molecular weight is 248 g/mol. The van der Waals surface area contributed by atoms with Crippen LogP contribution in [0.4, 0.5) is 0 Å². The van der Waals surface area contributed by atoms with Crippen molar-refractivity contribution in [2.45, 2.75) is 44.4 Å². The number of amides is 1. The van der Waals surface area contributed by atoms with Crippen molar-refractivity contribution in [1.29, 1.82) is 0 Å². The van der Waals surface area contributed by atoms with E-state index in [1.807, 2.05) is 13.8 Å². The van der Waals surface area contributed by atoms with Gasteiger partial charge in [0.15, 0.2) is 0 Å². The van der Waals surface area contributed by atoms with Crippen LogP contribution in [0.2, 0.25) is 0 Å². The van der Waals surface area contributed by atoms with Gasteiger partial charge in [0.1, 0.15) is 0 Å². The second-order valence-corrected chi connectivity index (χ2v) is 5.78. The van der Waals surface area contributed by atoms with Crippen LogP contribution in [-0.2, 0) is 4.79 Å². The molecular formula is C11H24N2O2S. The van der Waals surface area contributed by atoms with Crippen molar-refractivity contribution in [1.82, 2.24) is 5.32 Å². The molecule has 96 valence electrons. The molecular weight excluding hydrogens is 224 g/mol. The summed E-state index contributed by atoms with van der Waals surface area (Å²) in [6.07, 6.45) is 1.67. The number of carbonyl (C=O) groups is 1. The fourth-order valence-electron chi connectivity index (χ4n) is 1.22. The molecule has 0 saturated heterocycles. The summed E-state index contributed by atoms with van der Waals surface area (Å²) in [5.74, 6) is 0.510. The second-order valence-electron chi connectivity index (χ2n) is 4.24. The van der Waals surface area contributed by atoms with Gasteiger partial charge in [-0.25, -0.2) is 0 Å². The van der Waals surface area contributed by atoms with Gasteiger partial charge < -0.3 is 16.2 Å². The molecule has 0 aliphatic carbocycles. The van der Waals surface area contributed by atoms with Gasteiger partial charge in [-0.15, -0.1) is 0 Å². The smallest absolute Gasteiger partial charge is 0.237 e. The van der Waals surface area contributed by atoms with Gasteiger partial charge in [0.2, 0.25) is 5.91 Å². The van der Waals surface area contributed by atoms with Crippen LogP contribution in [0.3, 0.4) is 0 Å². The molecule has 16 heavy (non-hydrogen) atoms. The number of aliphatic hydroxyl groups is 1. The minimum atomic E-state index is -0.627. The van der Waals surface area contributed by atoms with Crippen molar-refractivity contribution in [2.75, 3.05) is 18.9 Å². The average Bonchev–Trinajstić information content (AvgIpc) is 2.25. The summed E-state index contributed by atoms with van der Waals surface area (Å²) in [7, 11) is 0. The first kappa shape index (κ1) is 15.7. The lowest BCUT2D eigenvalue weighted by molar-refractivity contribution is -0.123. The number of hydrogen-bond donors (Lipinski definition) is 3. The van der Waals surface area contributed by atoms with Crippen LogP contribution < -0.4 is 11.1 Å². The molecule has 0 rings (SSSR count). The molecule has 0 bridgehead atoms. The molecule has 0 spiro atoms. The monoisotopic (exact) mass is 248 g/mol. The van der Waals surface area contributed by atoms with E-state index >= 15 is 0 Å². The first-order valence-corrected chi connectivity index (χ1v) is 6.78. The molecule has 0 saturated carbocycles. The largest absolute Gasteiger partial charge is 0.395 e. The number of aliphatic hydroxyl groups excluding tert-OH is 1. The first-order chi connectivity index (χ1) is 7.46. The lowest BCUT2D eigenvalue weighted by atomic mass is 9.98. The zero-order valence-corrected chi connectivity index (χ0v) is 11.3. The van der Waals surface area contributed by atoms with Crippen molar-refractivity contribution in [3.05, 3.63) is 0 Å². The Balaban J connectivity index is 4.07. The molecule has 0 radical (unpaired) electrons. The van der Waals surface area contributed by atoms with Gasteiger partial charge >= 0.3 is 0 Å². The Morgan fingerprint density at radius 1 is 1.62 bits per heavy atom. The van der Waals surface area contributed by atoms with Gasteiger partial charge in [0.25, 0.3) is 0 Å². The van der Waals surface area contributed by atoms with Gasteiger partial charge in [0.05, 0.1) is 12.1 Å². The molecule has 0 fully saturated rings. The molecule has 0 heterocycles. The normalized spacial score (nSPS) is 16.8. The summed E-state index contributed by atoms with van der Waals surface area (Å²) < 4.78 is 0. The Kier molecular flexibility index (Phi) is 7.80. The Bertz CT molecular complexity index is 214. The van der Waals surface area contributed by atoms with E-state index in [0.29, 0.717) is 6.42 Å². The fraction of sp³-hybridized carbons (Fsp3) is 0.909. The number of hydrogen-bond acceptors (Lipinski definition) is 4. The van der Waals surface area contributed by atoms with Crippen molar-refractivity contribution in [3.63, 3.8) is 0 Å². The molecule has 4 N–H and O–H groups in total. The lowest BCUT2D eigenvalue weighted by Crippen LogP contribution is -2.53. The van der Waals surface area contributed by atoms with E-state index in [9.17, 15) is 4.79 Å². The highest BCUT2D eigenvalue weighted by Gasteiger charge is 2.29. The number of nitrogens with two attached hydrogens (primary N) is 1. The quantitative estimate of drug-likeness (QED) is 0.562. The molecule has 1 amide bonds. The van der Waals surface area contributed by atoms with Crippen LogP contribution in [-0.4, -0.2) is 40.7 Å². The van der Waals surface area contributed by atoms with Gasteiger partial charge in [-0.05, 0) is 32.1 Å². The summed E-state index contributed by atoms with van der Waals surface area (Å²) in [5, 5.41) is 12.3. The number of thioether (sulfide) groups is 1. The van der Waals surface area contributed by atoms with Crippen LogP contribution in [0.5, 0.6) is 0 Å². The lowest BCUT2D eigenvalue weighted by Gasteiger charge is -2.27. The van der Waals surface area contributed by atoms with E-state index in [1.54, 1.807) is 11.8 Å². The number of nitrogens with one attached hydrogen (secondary N) is 1. The third-order valence-corrected chi connectivity index (χ3v) is 3.73. The van der Waals surface area contributed by atoms with Crippen molar-refractivity contribution < 1.29 is 9.90 Å². The first-order valence-electron chi connectivity index (χ1n) is 5.73. The minimum Gasteiger partial charge on any atom is -0.395 e. The second kappa shape index (κ2) is 7.92. The van der Waals surface area contributed by atoms with E-state index < -0.39 is 5.54 Å². The molecule has 0 aliphatic heterocycles. The molecule has 0 aromatic heterocycles. The third-order valence-electron chi connectivity index (χ3n) is 2.57. The molecule has 2 unspecified atom stereocenters. The number of primary amides is 1. The Morgan fingerprint density at radius 2 is 2.25 bits per heavy atom. The molecule has 0 aromatic rings. The van der Waals surface area contributed by atoms with Crippen LogP contribution in [0.15, 0.2) is 0 Å². The van der Waals surface area contributed by atoms with Gasteiger partial charge in [-0.2, -0.15) is 11.8 Å². The highest BCUT2D eigenvalue weighted by molar-refractivity contribution is 7.99. The van der Waals surface area contributed by atoms with E-state index in [1.165, 1.54) is 0 Å². The van der Waals surface area contributed by atoms with Crippen LogP contribution >= 0.6 is 11.8 Å². The van der Waals surface area contributed by atoms with E-state index in [-0.39, 0.29) is 17.8 Å².